The maximum atomic E-state index is 13.1. The van der Waals surface area contributed by atoms with E-state index in [4.69, 9.17) is 4.52 Å². The molecule has 0 fully saturated rings. The third-order valence-electron chi connectivity index (χ3n) is 4.39. The Hall–Kier alpha value is -3.06. The van der Waals surface area contributed by atoms with Crippen LogP contribution in [0.3, 0.4) is 0 Å². The molecule has 136 valence electrons. The summed E-state index contributed by atoms with van der Waals surface area (Å²) in [5.74, 6) is -0.336. The van der Waals surface area contributed by atoms with Crippen molar-refractivity contribution in [2.45, 2.75) is 6.92 Å². The van der Waals surface area contributed by atoms with Gasteiger partial charge in [0.05, 0.1) is 11.6 Å². The molecule has 4 rings (SSSR count). The van der Waals surface area contributed by atoms with Gasteiger partial charge >= 0.3 is 0 Å². The Morgan fingerprint density at radius 3 is 2.67 bits per heavy atom. The van der Waals surface area contributed by atoms with Crippen LogP contribution >= 0.6 is 11.3 Å². The molecule has 0 aliphatic heterocycles. The Bertz CT molecular complexity index is 1120. The van der Waals surface area contributed by atoms with Gasteiger partial charge in [-0.1, -0.05) is 23.4 Å². The van der Waals surface area contributed by atoms with Crippen LogP contribution in [0.25, 0.3) is 32.8 Å². The molecule has 0 bridgehead atoms. The van der Waals surface area contributed by atoms with Gasteiger partial charge in [0.1, 0.15) is 21.4 Å². The Morgan fingerprint density at radius 1 is 1.19 bits per heavy atom. The first kappa shape index (κ1) is 17.4. The number of fused-ring (bicyclic) bond motifs is 1. The fourth-order valence-corrected chi connectivity index (χ4v) is 3.63. The SMILES string of the molecule is CCN(C)C(=O)c1cnc(-c2noc3cc(-c4ccc(F)cc4)ccc23)s1. The summed E-state index contributed by atoms with van der Waals surface area (Å²) in [6, 6.07) is 12.0. The van der Waals surface area contributed by atoms with Crippen LogP contribution < -0.4 is 0 Å². The van der Waals surface area contributed by atoms with E-state index in [1.165, 1.54) is 23.5 Å². The van der Waals surface area contributed by atoms with E-state index in [0.717, 1.165) is 16.5 Å². The quantitative estimate of drug-likeness (QED) is 0.507. The summed E-state index contributed by atoms with van der Waals surface area (Å²) in [4.78, 5) is 18.8. The van der Waals surface area contributed by atoms with Crippen LogP contribution in [0.5, 0.6) is 0 Å². The molecular formula is C20H16FN3O2S. The van der Waals surface area contributed by atoms with Crippen molar-refractivity contribution >= 4 is 28.2 Å². The number of carbonyl (C=O) groups excluding carboxylic acids is 1. The van der Waals surface area contributed by atoms with Gasteiger partial charge in [-0.3, -0.25) is 4.79 Å². The molecule has 2 heterocycles. The second kappa shape index (κ2) is 6.92. The first-order chi connectivity index (χ1) is 13.1. The lowest BCUT2D eigenvalue weighted by Gasteiger charge is -2.11. The third kappa shape index (κ3) is 3.21. The van der Waals surface area contributed by atoms with E-state index in [2.05, 4.69) is 10.1 Å². The second-order valence-electron chi connectivity index (χ2n) is 6.10. The standard InChI is InChI=1S/C20H16FN3O2S/c1-3-24(2)20(25)17-11-22-19(27-17)18-15-9-6-13(10-16(15)26-23-18)12-4-7-14(21)8-5-12/h4-11H,3H2,1-2H3. The lowest BCUT2D eigenvalue weighted by molar-refractivity contribution is 0.0807. The zero-order valence-electron chi connectivity index (χ0n) is 14.8. The highest BCUT2D eigenvalue weighted by Gasteiger charge is 2.19. The molecule has 7 heteroatoms. The van der Waals surface area contributed by atoms with Crippen LogP contribution in [0.1, 0.15) is 16.6 Å². The Balaban J connectivity index is 1.69. The van der Waals surface area contributed by atoms with Gasteiger partial charge in [-0.25, -0.2) is 9.37 Å². The Kier molecular flexibility index (Phi) is 4.45. The molecule has 1 amide bonds. The largest absolute Gasteiger partial charge is 0.356 e. The van der Waals surface area contributed by atoms with Gasteiger partial charge < -0.3 is 9.42 Å². The van der Waals surface area contributed by atoms with Crippen LogP contribution in [0.4, 0.5) is 4.39 Å². The molecule has 5 nitrogen and oxygen atoms in total. The predicted octanol–water partition coefficient (Wildman–Crippen LogP) is 4.85. The second-order valence-corrected chi connectivity index (χ2v) is 7.13. The van der Waals surface area contributed by atoms with Crippen molar-refractivity contribution in [3.05, 3.63) is 59.4 Å². The molecule has 0 aliphatic carbocycles. The molecule has 0 N–H and O–H groups in total. The van der Waals surface area contributed by atoms with Crippen molar-refractivity contribution < 1.29 is 13.7 Å². The zero-order valence-corrected chi connectivity index (χ0v) is 15.6. The Labute approximate surface area is 159 Å². The molecule has 0 spiro atoms. The molecule has 0 aliphatic rings. The normalized spacial score (nSPS) is 11.1. The number of rotatable bonds is 4. The van der Waals surface area contributed by atoms with Crippen LogP contribution in [-0.2, 0) is 0 Å². The van der Waals surface area contributed by atoms with Gasteiger partial charge in [-0.15, -0.1) is 11.3 Å². The third-order valence-corrected chi connectivity index (χ3v) is 5.38. The Morgan fingerprint density at radius 2 is 1.93 bits per heavy atom. The molecule has 27 heavy (non-hydrogen) atoms. The van der Waals surface area contributed by atoms with E-state index >= 15 is 0 Å². The van der Waals surface area contributed by atoms with Crippen molar-refractivity contribution in [2.24, 2.45) is 0 Å². The highest BCUT2D eigenvalue weighted by atomic mass is 32.1. The number of hydrogen-bond donors (Lipinski definition) is 0. The smallest absolute Gasteiger partial charge is 0.265 e. The summed E-state index contributed by atoms with van der Waals surface area (Å²) in [6.45, 7) is 2.55. The molecule has 0 unspecified atom stereocenters. The van der Waals surface area contributed by atoms with Gasteiger partial charge in [-0.2, -0.15) is 0 Å². The van der Waals surface area contributed by atoms with E-state index in [0.29, 0.717) is 27.7 Å². The van der Waals surface area contributed by atoms with Crippen LogP contribution in [-0.4, -0.2) is 34.5 Å². The summed E-state index contributed by atoms with van der Waals surface area (Å²) in [6.07, 6.45) is 1.57. The van der Waals surface area contributed by atoms with Crippen molar-refractivity contribution in [2.75, 3.05) is 13.6 Å². The monoisotopic (exact) mass is 381 g/mol. The first-order valence-corrected chi connectivity index (χ1v) is 9.25. The maximum Gasteiger partial charge on any atom is 0.265 e. The molecule has 2 aromatic carbocycles. The average Bonchev–Trinajstić information content (AvgIpc) is 3.33. The molecule has 0 atom stereocenters. The highest BCUT2D eigenvalue weighted by molar-refractivity contribution is 7.17. The van der Waals surface area contributed by atoms with Crippen molar-refractivity contribution in [1.82, 2.24) is 15.0 Å². The molecule has 2 aromatic heterocycles. The fraction of sp³-hybridized carbons (Fsp3) is 0.150. The molecule has 0 saturated heterocycles. The van der Waals surface area contributed by atoms with Gasteiger partial charge in [-0.05, 0) is 42.3 Å². The van der Waals surface area contributed by atoms with Crippen molar-refractivity contribution in [1.29, 1.82) is 0 Å². The minimum atomic E-state index is -0.274. The number of amides is 1. The summed E-state index contributed by atoms with van der Waals surface area (Å²) >= 11 is 1.29. The van der Waals surface area contributed by atoms with Crippen LogP contribution in [0.2, 0.25) is 0 Å². The molecular weight excluding hydrogens is 365 g/mol. The summed E-state index contributed by atoms with van der Waals surface area (Å²) < 4.78 is 18.6. The van der Waals surface area contributed by atoms with E-state index in [1.54, 1.807) is 30.3 Å². The zero-order chi connectivity index (χ0) is 19.0. The number of carbonyl (C=O) groups is 1. The number of hydrogen-bond acceptors (Lipinski definition) is 5. The minimum Gasteiger partial charge on any atom is -0.356 e. The summed E-state index contributed by atoms with van der Waals surface area (Å²) in [5.41, 5.74) is 3.02. The first-order valence-electron chi connectivity index (χ1n) is 8.44. The summed E-state index contributed by atoms with van der Waals surface area (Å²) in [7, 11) is 1.75. The number of thiazole rings is 1. The minimum absolute atomic E-state index is 0.0624. The van der Waals surface area contributed by atoms with Gasteiger partial charge in [0.15, 0.2) is 5.58 Å². The van der Waals surface area contributed by atoms with Crippen molar-refractivity contribution in [3.63, 3.8) is 0 Å². The molecule has 0 saturated carbocycles. The van der Waals surface area contributed by atoms with E-state index in [-0.39, 0.29) is 11.7 Å². The maximum absolute atomic E-state index is 13.1. The number of aromatic nitrogens is 2. The highest BCUT2D eigenvalue weighted by Crippen LogP contribution is 2.33. The number of nitrogens with zero attached hydrogens (tertiary/aromatic N) is 3. The lowest BCUT2D eigenvalue weighted by atomic mass is 10.0. The van der Waals surface area contributed by atoms with E-state index in [1.807, 2.05) is 25.1 Å². The number of benzene rings is 2. The lowest BCUT2D eigenvalue weighted by Crippen LogP contribution is -2.25. The van der Waals surface area contributed by atoms with Crippen LogP contribution in [0.15, 0.2) is 53.2 Å². The summed E-state index contributed by atoms with van der Waals surface area (Å²) in [5, 5.41) is 5.59. The van der Waals surface area contributed by atoms with Gasteiger partial charge in [0.25, 0.3) is 5.91 Å². The van der Waals surface area contributed by atoms with Gasteiger partial charge in [0.2, 0.25) is 0 Å². The van der Waals surface area contributed by atoms with E-state index in [9.17, 15) is 9.18 Å². The topological polar surface area (TPSA) is 59.2 Å². The fourth-order valence-electron chi connectivity index (χ4n) is 2.73. The number of halogens is 1. The van der Waals surface area contributed by atoms with E-state index < -0.39 is 0 Å². The van der Waals surface area contributed by atoms with Crippen molar-refractivity contribution in [3.8, 4) is 21.8 Å². The molecule has 4 aromatic rings. The molecule has 0 radical (unpaired) electrons. The van der Waals surface area contributed by atoms with Crippen LogP contribution in [0, 0.1) is 5.82 Å². The van der Waals surface area contributed by atoms with Gasteiger partial charge in [0, 0.05) is 13.6 Å². The predicted molar refractivity (Wildman–Crippen MR) is 103 cm³/mol. The average molecular weight is 381 g/mol.